The van der Waals surface area contributed by atoms with E-state index in [4.69, 9.17) is 0 Å². The summed E-state index contributed by atoms with van der Waals surface area (Å²) in [6.07, 6.45) is 1.84. The van der Waals surface area contributed by atoms with E-state index in [1.54, 1.807) is 0 Å². The lowest BCUT2D eigenvalue weighted by Gasteiger charge is -2.21. The van der Waals surface area contributed by atoms with Crippen LogP contribution in [0.2, 0.25) is 0 Å². The molecule has 0 saturated heterocycles. The van der Waals surface area contributed by atoms with Crippen molar-refractivity contribution in [2.75, 3.05) is 0 Å². The van der Waals surface area contributed by atoms with Crippen LogP contribution in [-0.2, 0) is 17.6 Å². The zero-order valence-electron chi connectivity index (χ0n) is 11.7. The molecule has 1 aromatic heterocycles. The summed E-state index contributed by atoms with van der Waals surface area (Å²) in [5, 5.41) is 4.45. The zero-order valence-corrected chi connectivity index (χ0v) is 11.7. The fraction of sp³-hybridized carbons (Fsp3) is 0.438. The monoisotopic (exact) mass is 256 g/mol. The second-order valence-corrected chi connectivity index (χ2v) is 6.46. The molecule has 3 rings (SSSR count). The van der Waals surface area contributed by atoms with Gasteiger partial charge in [0.25, 0.3) is 0 Å². The van der Waals surface area contributed by atoms with Crippen molar-refractivity contribution in [1.29, 1.82) is 0 Å². The first-order chi connectivity index (χ1) is 8.95. The molecule has 0 fully saturated rings. The predicted molar refractivity (Wildman–Crippen MR) is 77.1 cm³/mol. The minimum Gasteiger partial charge on any atom is -0.358 e. The van der Waals surface area contributed by atoms with E-state index in [-0.39, 0.29) is 17.4 Å². The molecule has 19 heavy (non-hydrogen) atoms. The summed E-state index contributed by atoms with van der Waals surface area (Å²) in [5.41, 5.74) is 3.53. The van der Waals surface area contributed by atoms with Crippen LogP contribution in [0.5, 0.6) is 0 Å². The number of rotatable bonds is 1. The summed E-state index contributed by atoms with van der Waals surface area (Å²) in [4.78, 5) is 15.5. The molecule has 3 nitrogen and oxygen atoms in total. The molecule has 1 heterocycles. The van der Waals surface area contributed by atoms with Crippen molar-refractivity contribution >= 4 is 16.8 Å². The fourth-order valence-corrected chi connectivity index (χ4v) is 2.73. The molecule has 1 aromatic carbocycles. The second kappa shape index (κ2) is 4.12. The molecule has 3 heteroatoms. The lowest BCUT2D eigenvalue weighted by molar-refractivity contribution is -0.129. The van der Waals surface area contributed by atoms with Crippen molar-refractivity contribution in [2.45, 2.75) is 39.7 Å². The van der Waals surface area contributed by atoms with Gasteiger partial charge >= 0.3 is 0 Å². The van der Waals surface area contributed by atoms with Gasteiger partial charge in [0.05, 0.1) is 0 Å². The van der Waals surface area contributed by atoms with Crippen LogP contribution in [0.1, 0.15) is 32.0 Å². The molecule has 0 bridgehead atoms. The summed E-state index contributed by atoms with van der Waals surface area (Å²) in [7, 11) is 0. The summed E-state index contributed by atoms with van der Waals surface area (Å²) in [6.45, 7) is 5.85. The Balaban J connectivity index is 1.80. The Hall–Kier alpha value is -1.77. The van der Waals surface area contributed by atoms with E-state index >= 15 is 0 Å². The Kier molecular flexibility index (Phi) is 2.66. The van der Waals surface area contributed by atoms with Crippen molar-refractivity contribution in [3.8, 4) is 0 Å². The van der Waals surface area contributed by atoms with E-state index in [0.717, 1.165) is 12.8 Å². The summed E-state index contributed by atoms with van der Waals surface area (Å²) in [6, 6.07) is 8.61. The highest BCUT2D eigenvalue weighted by atomic mass is 16.2. The number of hydrogen-bond acceptors (Lipinski definition) is 1. The first-order valence-corrected chi connectivity index (χ1v) is 6.84. The maximum atomic E-state index is 12.0. The molecule has 0 aliphatic heterocycles. The molecule has 0 radical (unpaired) electrons. The maximum absolute atomic E-state index is 12.0. The third kappa shape index (κ3) is 2.14. The van der Waals surface area contributed by atoms with Gasteiger partial charge in [-0.1, -0.05) is 39.0 Å². The topological polar surface area (TPSA) is 44.9 Å². The van der Waals surface area contributed by atoms with Crippen LogP contribution in [0, 0.1) is 5.41 Å². The Morgan fingerprint density at radius 3 is 2.74 bits per heavy atom. The van der Waals surface area contributed by atoms with Crippen molar-refractivity contribution in [3.05, 3.63) is 35.5 Å². The highest BCUT2D eigenvalue weighted by Gasteiger charge is 2.29. The molecule has 2 N–H and O–H groups in total. The Morgan fingerprint density at radius 2 is 2.00 bits per heavy atom. The lowest BCUT2D eigenvalue weighted by Crippen LogP contribution is -2.42. The number of carbonyl (C=O) groups is 1. The highest BCUT2D eigenvalue weighted by molar-refractivity contribution is 5.86. The van der Waals surface area contributed by atoms with E-state index in [9.17, 15) is 4.79 Å². The van der Waals surface area contributed by atoms with Gasteiger partial charge in [0.15, 0.2) is 0 Å². The van der Waals surface area contributed by atoms with Gasteiger partial charge in [-0.15, -0.1) is 0 Å². The third-order valence-electron chi connectivity index (χ3n) is 3.82. The number of nitrogens with one attached hydrogen (secondary N) is 2. The van der Waals surface area contributed by atoms with Crippen molar-refractivity contribution in [3.63, 3.8) is 0 Å². The average Bonchev–Trinajstić information content (AvgIpc) is 2.84. The van der Waals surface area contributed by atoms with Gasteiger partial charge in [0.1, 0.15) is 0 Å². The molecular weight excluding hydrogens is 236 g/mol. The van der Waals surface area contributed by atoms with Crippen LogP contribution in [0.3, 0.4) is 0 Å². The van der Waals surface area contributed by atoms with Crippen LogP contribution >= 0.6 is 0 Å². The number of fused-ring (bicyclic) bond motifs is 3. The molecule has 0 spiro atoms. The molecule has 1 aliphatic rings. The van der Waals surface area contributed by atoms with Gasteiger partial charge in [-0.05, 0) is 18.1 Å². The van der Waals surface area contributed by atoms with Crippen LogP contribution in [0.15, 0.2) is 24.3 Å². The van der Waals surface area contributed by atoms with Crippen LogP contribution in [-0.4, -0.2) is 16.9 Å². The van der Waals surface area contributed by atoms with E-state index in [1.165, 1.54) is 22.2 Å². The van der Waals surface area contributed by atoms with Crippen molar-refractivity contribution in [1.82, 2.24) is 10.3 Å². The van der Waals surface area contributed by atoms with Gasteiger partial charge in [0.2, 0.25) is 5.91 Å². The number of H-pyrrole nitrogens is 1. The lowest BCUT2D eigenvalue weighted by atomic mass is 9.95. The molecule has 100 valence electrons. The third-order valence-corrected chi connectivity index (χ3v) is 3.82. The summed E-state index contributed by atoms with van der Waals surface area (Å²) < 4.78 is 0. The standard InChI is InChI=1S/C16H20N2O/c1-16(2,3)15(19)17-10-8-12-11-6-4-5-7-13(11)18-14(12)9-10/h4-7,10,18H,8-9H2,1-3H3,(H,17,19). The normalized spacial score (nSPS) is 18.6. The van der Waals surface area contributed by atoms with Gasteiger partial charge in [-0.3, -0.25) is 4.79 Å². The molecule has 1 unspecified atom stereocenters. The van der Waals surface area contributed by atoms with Crippen LogP contribution in [0.25, 0.3) is 10.9 Å². The summed E-state index contributed by atoms with van der Waals surface area (Å²) >= 11 is 0. The molecule has 1 atom stereocenters. The highest BCUT2D eigenvalue weighted by Crippen LogP contribution is 2.30. The zero-order chi connectivity index (χ0) is 13.6. The van der Waals surface area contributed by atoms with Crippen LogP contribution in [0.4, 0.5) is 0 Å². The Morgan fingerprint density at radius 1 is 1.26 bits per heavy atom. The largest absolute Gasteiger partial charge is 0.358 e. The van der Waals surface area contributed by atoms with Crippen molar-refractivity contribution in [2.24, 2.45) is 5.41 Å². The number of aromatic nitrogens is 1. The quantitative estimate of drug-likeness (QED) is 0.809. The van der Waals surface area contributed by atoms with Gasteiger partial charge in [0, 0.05) is 34.5 Å². The Bertz CT molecular complexity index is 634. The van der Waals surface area contributed by atoms with Gasteiger partial charge in [-0.2, -0.15) is 0 Å². The molecule has 2 aromatic rings. The van der Waals surface area contributed by atoms with Crippen LogP contribution < -0.4 is 5.32 Å². The van der Waals surface area contributed by atoms with E-state index in [2.05, 4.69) is 28.5 Å². The van der Waals surface area contributed by atoms with Gasteiger partial charge < -0.3 is 10.3 Å². The minimum absolute atomic E-state index is 0.131. The average molecular weight is 256 g/mol. The number of amides is 1. The predicted octanol–water partition coefficient (Wildman–Crippen LogP) is 2.80. The molecule has 0 saturated carbocycles. The number of hydrogen-bond donors (Lipinski definition) is 2. The van der Waals surface area contributed by atoms with E-state index < -0.39 is 0 Å². The second-order valence-electron chi connectivity index (χ2n) is 6.46. The van der Waals surface area contributed by atoms with Gasteiger partial charge in [-0.25, -0.2) is 0 Å². The maximum Gasteiger partial charge on any atom is 0.225 e. The van der Waals surface area contributed by atoms with E-state index in [1.807, 2.05) is 26.8 Å². The first-order valence-electron chi connectivity index (χ1n) is 6.84. The SMILES string of the molecule is CC(C)(C)C(=O)NC1Cc2[nH]c3ccccc3c2C1. The molecule has 1 amide bonds. The molecular formula is C16H20N2O. The fourth-order valence-electron chi connectivity index (χ4n) is 2.73. The summed E-state index contributed by atoms with van der Waals surface area (Å²) in [5.74, 6) is 0.131. The number of para-hydroxylation sites is 1. The smallest absolute Gasteiger partial charge is 0.225 e. The van der Waals surface area contributed by atoms with Crippen molar-refractivity contribution < 1.29 is 4.79 Å². The molecule has 1 aliphatic carbocycles. The number of benzene rings is 1. The first kappa shape index (κ1) is 12.3. The van der Waals surface area contributed by atoms with E-state index in [0.29, 0.717) is 0 Å². The number of carbonyl (C=O) groups excluding carboxylic acids is 1. The number of aromatic amines is 1. The minimum atomic E-state index is -0.321. The Labute approximate surface area is 113 Å².